The average molecular weight is 295 g/mol. The first-order valence-electron chi connectivity index (χ1n) is 6.18. The lowest BCUT2D eigenvalue weighted by Crippen LogP contribution is -2.31. The Labute approximate surface area is 121 Å². The summed E-state index contributed by atoms with van der Waals surface area (Å²) < 4.78 is 0. The third kappa shape index (κ3) is 3.30. The molecule has 5 nitrogen and oxygen atoms in total. The molecule has 0 fully saturated rings. The first kappa shape index (κ1) is 14.4. The van der Waals surface area contributed by atoms with Crippen LogP contribution in [0.25, 0.3) is 0 Å². The molecule has 0 bridgehead atoms. The van der Waals surface area contributed by atoms with E-state index >= 15 is 0 Å². The number of anilines is 1. The van der Waals surface area contributed by atoms with Crippen molar-refractivity contribution in [3.63, 3.8) is 0 Å². The number of amides is 1. The summed E-state index contributed by atoms with van der Waals surface area (Å²) in [5, 5.41) is 12.3. The standard InChI is InChI=1S/C14H15ClN2O3/c1-9(18)17(12-4-2-11(15)3-5-12)8-10-6-13(14(19)20)16-7-10/h2-5,7,13,16H,6,8H2,1H3,(H,19,20). The predicted octanol–water partition coefficient (Wildman–Crippen LogP) is 2.02. The molecular formula is C14H15ClN2O3. The van der Waals surface area contributed by atoms with Gasteiger partial charge in [-0.15, -0.1) is 0 Å². The van der Waals surface area contributed by atoms with Crippen molar-refractivity contribution < 1.29 is 14.7 Å². The molecule has 20 heavy (non-hydrogen) atoms. The normalized spacial score (nSPS) is 17.3. The zero-order valence-corrected chi connectivity index (χ0v) is 11.7. The van der Waals surface area contributed by atoms with Gasteiger partial charge in [0.05, 0.1) is 0 Å². The highest BCUT2D eigenvalue weighted by Crippen LogP contribution is 2.21. The average Bonchev–Trinajstić information content (AvgIpc) is 2.86. The van der Waals surface area contributed by atoms with Gasteiger partial charge in [0, 0.05) is 30.6 Å². The number of carboxylic acids is 1. The van der Waals surface area contributed by atoms with E-state index in [-0.39, 0.29) is 5.91 Å². The Morgan fingerprint density at radius 1 is 1.40 bits per heavy atom. The molecule has 1 aliphatic heterocycles. The van der Waals surface area contributed by atoms with Crippen LogP contribution in [0.4, 0.5) is 5.69 Å². The van der Waals surface area contributed by atoms with E-state index in [0.717, 1.165) is 11.3 Å². The summed E-state index contributed by atoms with van der Waals surface area (Å²) in [6, 6.07) is 6.36. The highest BCUT2D eigenvalue weighted by atomic mass is 35.5. The molecule has 1 atom stereocenters. The molecule has 2 rings (SSSR count). The maximum absolute atomic E-state index is 11.8. The maximum atomic E-state index is 11.8. The Balaban J connectivity index is 2.10. The number of nitrogens with one attached hydrogen (secondary N) is 1. The van der Waals surface area contributed by atoms with E-state index in [1.54, 1.807) is 35.4 Å². The van der Waals surface area contributed by atoms with Crippen molar-refractivity contribution in [2.45, 2.75) is 19.4 Å². The van der Waals surface area contributed by atoms with E-state index in [1.807, 2.05) is 0 Å². The number of carboxylic acid groups (broad SMARTS) is 1. The molecule has 0 saturated heterocycles. The number of benzene rings is 1. The first-order chi connectivity index (χ1) is 9.47. The molecule has 1 unspecified atom stereocenters. The SMILES string of the molecule is CC(=O)N(CC1=CNC(C(=O)O)C1)c1ccc(Cl)cc1. The smallest absolute Gasteiger partial charge is 0.326 e. The molecule has 0 saturated carbocycles. The van der Waals surface area contributed by atoms with E-state index < -0.39 is 12.0 Å². The minimum atomic E-state index is -0.892. The Hall–Kier alpha value is -2.01. The number of halogens is 1. The topological polar surface area (TPSA) is 69.6 Å². The summed E-state index contributed by atoms with van der Waals surface area (Å²) in [7, 11) is 0. The molecule has 0 radical (unpaired) electrons. The van der Waals surface area contributed by atoms with E-state index in [9.17, 15) is 9.59 Å². The van der Waals surface area contributed by atoms with Gasteiger partial charge in [0.1, 0.15) is 6.04 Å². The van der Waals surface area contributed by atoms with Gasteiger partial charge in [-0.05, 0) is 36.0 Å². The van der Waals surface area contributed by atoms with Gasteiger partial charge in [-0.25, -0.2) is 4.79 Å². The summed E-state index contributed by atoms with van der Waals surface area (Å²) >= 11 is 5.83. The van der Waals surface area contributed by atoms with Gasteiger partial charge < -0.3 is 15.3 Å². The summed E-state index contributed by atoms with van der Waals surface area (Å²) in [4.78, 5) is 24.2. The van der Waals surface area contributed by atoms with Gasteiger partial charge in [-0.3, -0.25) is 4.79 Å². The zero-order chi connectivity index (χ0) is 14.7. The summed E-state index contributed by atoms with van der Waals surface area (Å²) in [5.74, 6) is -0.996. The monoisotopic (exact) mass is 294 g/mol. The Bertz CT molecular complexity index is 554. The van der Waals surface area contributed by atoms with Crippen LogP contribution in [-0.2, 0) is 9.59 Å². The predicted molar refractivity (Wildman–Crippen MR) is 76.7 cm³/mol. The molecule has 0 spiro atoms. The molecule has 106 valence electrons. The van der Waals surface area contributed by atoms with Crippen LogP contribution in [0, 0.1) is 0 Å². The van der Waals surface area contributed by atoms with Crippen LogP contribution < -0.4 is 10.2 Å². The second kappa shape index (κ2) is 5.96. The zero-order valence-electron chi connectivity index (χ0n) is 11.0. The number of nitrogens with zero attached hydrogens (tertiary/aromatic N) is 1. The van der Waals surface area contributed by atoms with Crippen molar-refractivity contribution in [2.75, 3.05) is 11.4 Å². The lowest BCUT2D eigenvalue weighted by molar-refractivity contribution is -0.138. The maximum Gasteiger partial charge on any atom is 0.326 e. The lowest BCUT2D eigenvalue weighted by atomic mass is 10.1. The van der Waals surface area contributed by atoms with Crippen molar-refractivity contribution >= 4 is 29.2 Å². The fourth-order valence-corrected chi connectivity index (χ4v) is 2.20. The minimum Gasteiger partial charge on any atom is -0.480 e. The van der Waals surface area contributed by atoms with Gasteiger partial charge in [0.2, 0.25) is 5.91 Å². The van der Waals surface area contributed by atoms with E-state index in [1.165, 1.54) is 6.92 Å². The molecule has 2 N–H and O–H groups in total. The second-order valence-electron chi connectivity index (χ2n) is 4.65. The number of aliphatic carboxylic acids is 1. The van der Waals surface area contributed by atoms with E-state index in [2.05, 4.69) is 5.32 Å². The number of carbonyl (C=O) groups is 2. The van der Waals surface area contributed by atoms with E-state index in [4.69, 9.17) is 16.7 Å². The van der Waals surface area contributed by atoms with E-state index in [0.29, 0.717) is 18.0 Å². The van der Waals surface area contributed by atoms with Crippen LogP contribution in [-0.4, -0.2) is 29.6 Å². The third-order valence-electron chi connectivity index (χ3n) is 3.13. The molecule has 1 aromatic rings. The molecule has 1 amide bonds. The van der Waals surface area contributed by atoms with Crippen LogP contribution in [0.3, 0.4) is 0 Å². The highest BCUT2D eigenvalue weighted by Gasteiger charge is 2.25. The van der Waals surface area contributed by atoms with Crippen LogP contribution >= 0.6 is 11.6 Å². The fourth-order valence-electron chi connectivity index (χ4n) is 2.08. The number of rotatable bonds is 4. The van der Waals surface area contributed by atoms with Crippen LogP contribution in [0.2, 0.25) is 5.02 Å². The number of carbonyl (C=O) groups excluding carboxylic acids is 1. The van der Waals surface area contributed by atoms with Crippen molar-refractivity contribution in [1.29, 1.82) is 0 Å². The fraction of sp³-hybridized carbons (Fsp3) is 0.286. The summed E-state index contributed by atoms with van der Waals surface area (Å²) in [6.07, 6.45) is 2.07. The van der Waals surface area contributed by atoms with Crippen molar-refractivity contribution in [3.8, 4) is 0 Å². The molecule has 1 aliphatic rings. The van der Waals surface area contributed by atoms with Crippen LogP contribution in [0.5, 0.6) is 0 Å². The molecule has 1 heterocycles. The lowest BCUT2D eigenvalue weighted by Gasteiger charge is -2.21. The minimum absolute atomic E-state index is 0.105. The summed E-state index contributed by atoms with van der Waals surface area (Å²) in [5.41, 5.74) is 1.61. The third-order valence-corrected chi connectivity index (χ3v) is 3.38. The van der Waals surface area contributed by atoms with Crippen molar-refractivity contribution in [2.24, 2.45) is 0 Å². The van der Waals surface area contributed by atoms with Gasteiger partial charge in [-0.1, -0.05) is 11.6 Å². The van der Waals surface area contributed by atoms with Crippen LogP contribution in [0.15, 0.2) is 36.0 Å². The van der Waals surface area contributed by atoms with Crippen molar-refractivity contribution in [1.82, 2.24) is 5.32 Å². The largest absolute Gasteiger partial charge is 0.480 e. The Kier molecular flexibility index (Phi) is 4.29. The van der Waals surface area contributed by atoms with Gasteiger partial charge in [0.25, 0.3) is 0 Å². The van der Waals surface area contributed by atoms with Gasteiger partial charge >= 0.3 is 5.97 Å². The highest BCUT2D eigenvalue weighted by molar-refractivity contribution is 6.30. The molecule has 0 aromatic heterocycles. The molecule has 1 aromatic carbocycles. The molecular weight excluding hydrogens is 280 g/mol. The second-order valence-corrected chi connectivity index (χ2v) is 5.08. The van der Waals surface area contributed by atoms with Crippen molar-refractivity contribution in [3.05, 3.63) is 41.1 Å². The Morgan fingerprint density at radius 3 is 2.55 bits per heavy atom. The first-order valence-corrected chi connectivity index (χ1v) is 6.55. The number of hydrogen-bond acceptors (Lipinski definition) is 3. The number of hydrogen-bond donors (Lipinski definition) is 2. The quantitative estimate of drug-likeness (QED) is 0.891. The molecule has 0 aliphatic carbocycles. The summed E-state index contributed by atoms with van der Waals surface area (Å²) in [6.45, 7) is 1.85. The van der Waals surface area contributed by atoms with Crippen LogP contribution in [0.1, 0.15) is 13.3 Å². The van der Waals surface area contributed by atoms with Gasteiger partial charge in [-0.2, -0.15) is 0 Å². The van der Waals surface area contributed by atoms with Gasteiger partial charge in [0.15, 0.2) is 0 Å². The molecule has 6 heteroatoms. The Morgan fingerprint density at radius 2 is 2.05 bits per heavy atom.